The molecule has 0 spiro atoms. The van der Waals surface area contributed by atoms with Crippen molar-refractivity contribution in [2.24, 2.45) is 0 Å². The van der Waals surface area contributed by atoms with E-state index in [0.717, 1.165) is 0 Å². The number of hydrogen-bond acceptors (Lipinski definition) is 0. The molecule has 0 fully saturated rings. The quantitative estimate of drug-likeness (QED) is 0.0578. The number of aryl methyl sites for hydroxylation is 2. The SMILES string of the molecule is CCCCCCCCCCCCCCCCCCCCCCCCCc1ccccc1CCCCCCCCCCCCCCCCCCCCCCCCC. The Labute approximate surface area is 356 Å². The zero-order valence-corrected chi connectivity index (χ0v) is 39.3. The van der Waals surface area contributed by atoms with Crippen molar-refractivity contribution in [3.05, 3.63) is 35.4 Å². The summed E-state index contributed by atoms with van der Waals surface area (Å²) in [5, 5.41) is 0. The van der Waals surface area contributed by atoms with E-state index in [9.17, 15) is 0 Å². The van der Waals surface area contributed by atoms with E-state index in [1.165, 1.54) is 308 Å². The van der Waals surface area contributed by atoms with Gasteiger partial charge in [-0.1, -0.05) is 321 Å². The van der Waals surface area contributed by atoms with E-state index in [2.05, 4.69) is 38.1 Å². The molecule has 56 heavy (non-hydrogen) atoms. The van der Waals surface area contributed by atoms with E-state index in [0.29, 0.717) is 0 Å². The summed E-state index contributed by atoms with van der Waals surface area (Å²) in [6, 6.07) is 9.39. The van der Waals surface area contributed by atoms with Crippen LogP contribution in [0.3, 0.4) is 0 Å². The van der Waals surface area contributed by atoms with Crippen molar-refractivity contribution in [1.82, 2.24) is 0 Å². The van der Waals surface area contributed by atoms with Crippen molar-refractivity contribution < 1.29 is 0 Å². The molecule has 0 unspecified atom stereocenters. The Balaban J connectivity index is 1.80. The van der Waals surface area contributed by atoms with Gasteiger partial charge in [-0.15, -0.1) is 0 Å². The van der Waals surface area contributed by atoms with E-state index in [4.69, 9.17) is 0 Å². The molecule has 1 rings (SSSR count). The number of unbranched alkanes of at least 4 members (excludes halogenated alkanes) is 44. The lowest BCUT2D eigenvalue weighted by molar-refractivity contribution is 0.517. The molecule has 0 radical (unpaired) electrons. The minimum absolute atomic E-state index is 1.30. The standard InChI is InChI=1S/C56H106/c1-3-5-7-9-11-13-15-17-19-21-23-25-27-29-31-33-35-37-39-41-43-45-47-51-55-53-49-50-54-56(55)52-48-46-44-42-40-38-36-34-32-30-28-26-24-22-20-18-16-14-12-10-8-6-4-2/h49-50,53-54H,3-48,51-52H2,1-2H3. The summed E-state index contributed by atoms with van der Waals surface area (Å²) in [5.41, 5.74) is 3.30. The summed E-state index contributed by atoms with van der Waals surface area (Å²) in [6.45, 7) is 4.62. The van der Waals surface area contributed by atoms with Gasteiger partial charge in [-0.05, 0) is 36.8 Å². The first kappa shape index (κ1) is 53.2. The van der Waals surface area contributed by atoms with Gasteiger partial charge in [-0.2, -0.15) is 0 Å². The average molecular weight is 779 g/mol. The Bertz CT molecular complexity index is 769. The third-order valence-electron chi connectivity index (χ3n) is 13.2. The minimum atomic E-state index is 1.30. The lowest BCUT2D eigenvalue weighted by Gasteiger charge is -2.10. The van der Waals surface area contributed by atoms with Crippen molar-refractivity contribution in [2.75, 3.05) is 0 Å². The molecule has 0 aliphatic rings. The Morgan fingerprint density at radius 3 is 0.500 bits per heavy atom. The fourth-order valence-electron chi connectivity index (χ4n) is 9.25. The predicted octanol–water partition coefficient (Wildman–Crippen LogP) is 20.8. The second kappa shape index (κ2) is 46.9. The van der Waals surface area contributed by atoms with Gasteiger partial charge in [-0.3, -0.25) is 0 Å². The molecule has 1 aromatic carbocycles. The van der Waals surface area contributed by atoms with Gasteiger partial charge >= 0.3 is 0 Å². The fraction of sp³-hybridized carbons (Fsp3) is 0.893. The number of hydrogen-bond donors (Lipinski definition) is 0. The van der Waals surface area contributed by atoms with Crippen molar-refractivity contribution in [2.45, 2.75) is 322 Å². The highest BCUT2D eigenvalue weighted by Gasteiger charge is 2.03. The largest absolute Gasteiger partial charge is 0.0654 e. The average Bonchev–Trinajstić information content (AvgIpc) is 3.21. The molecule has 0 heteroatoms. The molecule has 330 valence electrons. The molecule has 0 aliphatic heterocycles. The molecule has 0 N–H and O–H groups in total. The van der Waals surface area contributed by atoms with E-state index < -0.39 is 0 Å². The molecule has 0 saturated carbocycles. The topological polar surface area (TPSA) is 0 Å². The van der Waals surface area contributed by atoms with Gasteiger partial charge < -0.3 is 0 Å². The minimum Gasteiger partial charge on any atom is -0.0654 e. The van der Waals surface area contributed by atoms with Crippen LogP contribution in [0.4, 0.5) is 0 Å². The van der Waals surface area contributed by atoms with Gasteiger partial charge in [0.25, 0.3) is 0 Å². The van der Waals surface area contributed by atoms with E-state index in [-0.39, 0.29) is 0 Å². The second-order valence-electron chi connectivity index (χ2n) is 18.8. The lowest BCUT2D eigenvalue weighted by Crippen LogP contribution is -1.95. The highest BCUT2D eigenvalue weighted by molar-refractivity contribution is 5.27. The van der Waals surface area contributed by atoms with Crippen molar-refractivity contribution in [3.8, 4) is 0 Å². The van der Waals surface area contributed by atoms with E-state index >= 15 is 0 Å². The van der Waals surface area contributed by atoms with Gasteiger partial charge in [0.15, 0.2) is 0 Å². The molecular formula is C56H106. The van der Waals surface area contributed by atoms with Crippen molar-refractivity contribution in [3.63, 3.8) is 0 Å². The summed E-state index contributed by atoms with van der Waals surface area (Å²) in [6.07, 6.45) is 70.0. The predicted molar refractivity (Wildman–Crippen MR) is 258 cm³/mol. The van der Waals surface area contributed by atoms with E-state index in [1.54, 1.807) is 11.1 Å². The molecule has 0 saturated heterocycles. The highest BCUT2D eigenvalue weighted by Crippen LogP contribution is 2.20. The first-order chi connectivity index (χ1) is 27.9. The van der Waals surface area contributed by atoms with Crippen LogP contribution in [-0.4, -0.2) is 0 Å². The normalized spacial score (nSPS) is 11.6. The zero-order chi connectivity index (χ0) is 39.9. The Hall–Kier alpha value is -0.780. The Morgan fingerprint density at radius 2 is 0.339 bits per heavy atom. The Morgan fingerprint density at radius 1 is 0.196 bits per heavy atom. The van der Waals surface area contributed by atoms with Crippen LogP contribution >= 0.6 is 0 Å². The molecule has 0 aliphatic carbocycles. The van der Waals surface area contributed by atoms with Gasteiger partial charge in [0.2, 0.25) is 0 Å². The summed E-state index contributed by atoms with van der Waals surface area (Å²) in [5.74, 6) is 0. The maximum absolute atomic E-state index is 2.42. The molecule has 0 heterocycles. The van der Waals surface area contributed by atoms with E-state index in [1.807, 2.05) is 0 Å². The molecule has 1 aromatic rings. The first-order valence-electron chi connectivity index (χ1n) is 26.9. The third-order valence-corrected chi connectivity index (χ3v) is 13.2. The van der Waals surface area contributed by atoms with Crippen molar-refractivity contribution >= 4 is 0 Å². The maximum Gasteiger partial charge on any atom is -0.0276 e. The highest BCUT2D eigenvalue weighted by atomic mass is 14.1. The molecule has 0 aromatic heterocycles. The van der Waals surface area contributed by atoms with Crippen LogP contribution in [0.25, 0.3) is 0 Å². The van der Waals surface area contributed by atoms with Crippen LogP contribution in [0.2, 0.25) is 0 Å². The molecule has 0 nitrogen and oxygen atoms in total. The maximum atomic E-state index is 2.42. The van der Waals surface area contributed by atoms with Gasteiger partial charge in [-0.25, -0.2) is 0 Å². The Kier molecular flexibility index (Phi) is 44.6. The van der Waals surface area contributed by atoms with Gasteiger partial charge in [0, 0.05) is 0 Å². The monoisotopic (exact) mass is 779 g/mol. The fourth-order valence-corrected chi connectivity index (χ4v) is 9.25. The number of rotatable bonds is 48. The zero-order valence-electron chi connectivity index (χ0n) is 39.3. The summed E-state index contributed by atoms with van der Waals surface area (Å²) < 4.78 is 0. The summed E-state index contributed by atoms with van der Waals surface area (Å²) in [4.78, 5) is 0. The summed E-state index contributed by atoms with van der Waals surface area (Å²) in [7, 11) is 0. The van der Waals surface area contributed by atoms with Crippen molar-refractivity contribution in [1.29, 1.82) is 0 Å². The molecule has 0 amide bonds. The summed E-state index contributed by atoms with van der Waals surface area (Å²) >= 11 is 0. The van der Waals surface area contributed by atoms with Gasteiger partial charge in [0.05, 0.1) is 0 Å². The number of benzene rings is 1. The first-order valence-corrected chi connectivity index (χ1v) is 26.9. The molecule has 0 atom stereocenters. The molecular weight excluding hydrogens is 673 g/mol. The molecule has 0 bridgehead atoms. The second-order valence-corrected chi connectivity index (χ2v) is 18.8. The van der Waals surface area contributed by atoms with Crippen LogP contribution in [-0.2, 0) is 12.8 Å². The van der Waals surface area contributed by atoms with Gasteiger partial charge in [0.1, 0.15) is 0 Å². The third kappa shape index (κ3) is 40.0. The smallest absolute Gasteiger partial charge is 0.0276 e. The van der Waals surface area contributed by atoms with Crippen LogP contribution in [0.15, 0.2) is 24.3 Å². The van der Waals surface area contributed by atoms with Crippen LogP contribution in [0.5, 0.6) is 0 Å². The van der Waals surface area contributed by atoms with Crippen LogP contribution in [0, 0.1) is 0 Å². The van der Waals surface area contributed by atoms with Crippen LogP contribution in [0.1, 0.15) is 320 Å². The lowest BCUT2D eigenvalue weighted by atomic mass is 9.96. The van der Waals surface area contributed by atoms with Crippen LogP contribution < -0.4 is 0 Å².